The molecule has 626 valence electrons. The van der Waals surface area contributed by atoms with E-state index in [4.69, 9.17) is 8.83 Å². The van der Waals surface area contributed by atoms with Crippen LogP contribution in [0.4, 0.5) is 34.1 Å². The fraction of sp³-hybridized carbons (Fsp3) is 0.164. The summed E-state index contributed by atoms with van der Waals surface area (Å²) >= 11 is 0. The topological polar surface area (TPSA) is 42.6 Å². The van der Waals surface area contributed by atoms with E-state index in [1.54, 1.807) is 9.13 Å². The summed E-state index contributed by atoms with van der Waals surface area (Å²) in [6, 6.07) is 88.4. The number of fused-ring (bicyclic) bond motifs is 16. The van der Waals surface area contributed by atoms with E-state index in [2.05, 4.69) is 278 Å². The molecule has 2 aliphatic rings. The fourth-order valence-corrected chi connectivity index (χ4v) is 19.8. The van der Waals surface area contributed by atoms with Gasteiger partial charge in [0.1, 0.15) is 22.3 Å². The summed E-state index contributed by atoms with van der Waals surface area (Å²) in [5, 5.41) is 3.92. The van der Waals surface area contributed by atoms with E-state index in [-0.39, 0.29) is 91.0 Å². The number of hydrogen-bond donors (Lipinski definition) is 0. The molecular formula is C122H103BN4O2. The molecule has 6 nitrogen and oxygen atoms in total. The van der Waals surface area contributed by atoms with Gasteiger partial charge in [0.15, 0.2) is 0 Å². The van der Waals surface area contributed by atoms with Gasteiger partial charge in [-0.25, -0.2) is 0 Å². The van der Waals surface area contributed by atoms with Crippen molar-refractivity contribution in [1.29, 1.82) is 0 Å². The molecule has 2 aliphatic heterocycles. The molecule has 0 saturated heterocycles. The zero-order valence-corrected chi connectivity index (χ0v) is 75.1. The minimum atomic E-state index is -0.885. The van der Waals surface area contributed by atoms with E-state index >= 15 is 0 Å². The molecule has 0 radical (unpaired) electrons. The highest BCUT2D eigenvalue weighted by Crippen LogP contribution is 2.58. The van der Waals surface area contributed by atoms with E-state index in [0.717, 1.165) is 144 Å². The lowest BCUT2D eigenvalue weighted by Gasteiger charge is -2.47. The minimum Gasteiger partial charge on any atom is -0.455 e. The Balaban J connectivity index is 0.957. The van der Waals surface area contributed by atoms with Gasteiger partial charge in [-0.1, -0.05) is 334 Å². The number of nitrogens with zero attached hydrogens (tertiary/aromatic N) is 4. The van der Waals surface area contributed by atoms with Crippen LogP contribution in [-0.2, 0) is 27.1 Å². The smallest absolute Gasteiger partial charge is 0.252 e. The van der Waals surface area contributed by atoms with Crippen LogP contribution in [0.1, 0.15) is 151 Å². The van der Waals surface area contributed by atoms with Crippen LogP contribution in [0.25, 0.3) is 166 Å². The Kier molecular flexibility index (Phi) is 14.7. The molecule has 0 atom stereocenters. The summed E-state index contributed by atoms with van der Waals surface area (Å²) in [5.74, 6) is 0. The van der Waals surface area contributed by atoms with Gasteiger partial charge < -0.3 is 27.8 Å². The van der Waals surface area contributed by atoms with Gasteiger partial charge in [-0.05, 0) is 226 Å². The van der Waals surface area contributed by atoms with Gasteiger partial charge >= 0.3 is 0 Å². The summed E-state index contributed by atoms with van der Waals surface area (Å²) in [4.78, 5) is 4.83. The molecule has 17 aromatic carbocycles. The molecule has 0 N–H and O–H groups in total. The Labute approximate surface area is 775 Å². The Morgan fingerprint density at radius 1 is 0.256 bits per heavy atom. The lowest BCUT2D eigenvalue weighted by molar-refractivity contribution is 0.590. The lowest BCUT2D eigenvalue weighted by Crippen LogP contribution is -2.61. The van der Waals surface area contributed by atoms with Crippen LogP contribution >= 0.6 is 0 Å². The molecule has 4 aromatic heterocycles. The third kappa shape index (κ3) is 12.9. The predicted octanol–water partition coefficient (Wildman–Crippen LogP) is 32.3. The number of furan rings is 2. The number of anilines is 6. The highest BCUT2D eigenvalue weighted by Gasteiger charge is 2.47. The summed E-state index contributed by atoms with van der Waals surface area (Å²) in [6.45, 7) is 30.5. The van der Waals surface area contributed by atoms with Crippen molar-refractivity contribution >= 4 is 145 Å². The van der Waals surface area contributed by atoms with Crippen LogP contribution in [0.5, 0.6) is 0 Å². The van der Waals surface area contributed by atoms with Crippen LogP contribution in [0, 0.1) is 0 Å². The van der Waals surface area contributed by atoms with Gasteiger partial charge in [0.25, 0.3) is 6.71 Å². The van der Waals surface area contributed by atoms with E-state index < -0.39 is 82.1 Å². The van der Waals surface area contributed by atoms with Gasteiger partial charge in [-0.3, -0.25) is 0 Å². The standard InChI is InChI=1S/C122H103BN4O2/c1-118(2,3)80-54-60-105-97(64-80)87-42-22-26-50-103(87)124(105)85-56-58-101-107(72-85)126(114-95(78-40-30-38-76(62-78)74-34-18-16-19-35-74)66-82(120(7,8)9)68-99(114)93-48-32-46-91-89-44-24-28-52-111(89)128-116(91)93)109-70-84(122(13,14)15)71-110-113(109)123(101)102-59-57-86(125-104-51-27-23-43-88(104)98-65-81(119(4,5)6)55-61-106(98)125)73-108(102)127(110)115-96(79-41-31-39-77(63-79)75-36-20-17-21-37-75)67-83(121(10,11)12)69-100(115)94-49-33-47-92-90-45-25-29-53-112(90)129-117(92)94/h16-73H,1-15H3/i22D,23D,26D,27D,42D,43D,50D,51D,54D,55D,60D,61D,64D,65D. The van der Waals surface area contributed by atoms with Crippen LogP contribution in [-0.4, -0.2) is 15.8 Å². The number of aromatic nitrogens is 2. The zero-order chi connectivity index (χ0) is 100. The first kappa shape index (κ1) is 65.2. The van der Waals surface area contributed by atoms with Crippen LogP contribution in [0.15, 0.2) is 360 Å². The predicted molar refractivity (Wildman–Crippen MR) is 550 cm³/mol. The summed E-state index contributed by atoms with van der Waals surface area (Å²) < 4.78 is 159. The number of para-hydroxylation sites is 6. The largest absolute Gasteiger partial charge is 0.455 e. The van der Waals surface area contributed by atoms with Crippen molar-refractivity contribution in [2.45, 2.75) is 131 Å². The van der Waals surface area contributed by atoms with Crippen LogP contribution in [0.2, 0.25) is 0 Å². The second-order valence-corrected chi connectivity index (χ2v) is 40.1. The average Bonchev–Trinajstić information content (AvgIpc) is 1.62. The Bertz CT molecular complexity index is 8620. The van der Waals surface area contributed by atoms with Crippen molar-refractivity contribution in [3.8, 4) is 78.1 Å². The molecule has 0 unspecified atom stereocenters. The third-order valence-corrected chi connectivity index (χ3v) is 26.6. The normalized spacial score (nSPS) is 14.7. The first-order chi connectivity index (χ1) is 68.0. The lowest BCUT2D eigenvalue weighted by atomic mass is 9.33. The number of rotatable bonds is 10. The molecule has 23 rings (SSSR count). The molecule has 0 bridgehead atoms. The van der Waals surface area contributed by atoms with Crippen molar-refractivity contribution in [3.05, 3.63) is 379 Å². The molecule has 7 heteroatoms. The molecule has 0 amide bonds. The van der Waals surface area contributed by atoms with E-state index in [1.165, 1.54) is 0 Å². The van der Waals surface area contributed by atoms with Crippen molar-refractivity contribution in [1.82, 2.24) is 9.13 Å². The zero-order valence-electron chi connectivity index (χ0n) is 89.1. The molecule has 6 heterocycles. The summed E-state index contributed by atoms with van der Waals surface area (Å²) in [6.07, 6.45) is 0. The molecule has 0 aliphatic carbocycles. The Hall–Kier alpha value is -14.4. The SMILES string of the molecule is [2H]c1c([2H])c([2H])c2c(c1[2H])c1c([2H])c(C(C)(C)C)c([2H])c([2H])c1n2-c1ccc2c(c1)N(c1c(-c3cccc(-c4ccccc4)c3)cc(C(C)(C)C)cc1-c1cccc3c1oc1ccccc13)c1cc(C(C)(C)C)cc3c1B2c1ccc(-n2c4c([2H])c([2H])c([2H])c([2H])c4c4c([2H])c(C(C)(C)C)c([2H])c([2H])c42)cc1N3c1c(-c2cccc(-c3ccccc3)c2)cc(C(C)(C)C)cc1-c1cccc2c1oc1ccccc12. The second kappa shape index (κ2) is 29.1. The Morgan fingerprint density at radius 3 is 1.02 bits per heavy atom. The first-order valence-electron chi connectivity index (χ1n) is 51.7. The van der Waals surface area contributed by atoms with Crippen molar-refractivity contribution < 1.29 is 28.0 Å². The van der Waals surface area contributed by atoms with E-state index in [9.17, 15) is 19.2 Å². The quantitative estimate of drug-likeness (QED) is 0.128. The molecule has 129 heavy (non-hydrogen) atoms. The van der Waals surface area contributed by atoms with Crippen molar-refractivity contribution in [2.24, 2.45) is 0 Å². The molecular weight excluding hydrogens is 1560 g/mol. The molecule has 0 spiro atoms. The van der Waals surface area contributed by atoms with Gasteiger partial charge in [0.05, 0.1) is 52.6 Å². The molecule has 0 saturated carbocycles. The van der Waals surface area contributed by atoms with Gasteiger partial charge in [0.2, 0.25) is 0 Å². The minimum absolute atomic E-state index is 0.0158. The molecule has 21 aromatic rings. The average molecular weight is 1680 g/mol. The van der Waals surface area contributed by atoms with Crippen molar-refractivity contribution in [3.63, 3.8) is 0 Å². The monoisotopic (exact) mass is 1680 g/mol. The third-order valence-electron chi connectivity index (χ3n) is 26.6. The maximum atomic E-state index is 10.5. The summed E-state index contributed by atoms with van der Waals surface area (Å²) in [7, 11) is 0. The number of hydrogen-bond acceptors (Lipinski definition) is 4. The Morgan fingerprint density at radius 2 is 0.605 bits per heavy atom. The highest BCUT2D eigenvalue weighted by atomic mass is 16.3. The van der Waals surface area contributed by atoms with Crippen molar-refractivity contribution in [2.75, 3.05) is 9.80 Å². The van der Waals surface area contributed by atoms with Crippen LogP contribution < -0.4 is 26.2 Å². The van der Waals surface area contributed by atoms with E-state index in [0.29, 0.717) is 45.1 Å². The number of benzene rings is 17. The maximum Gasteiger partial charge on any atom is 0.252 e. The maximum absolute atomic E-state index is 10.5. The molecule has 0 fully saturated rings. The van der Waals surface area contributed by atoms with Gasteiger partial charge in [0, 0.05) is 111 Å². The van der Waals surface area contributed by atoms with E-state index in [1.807, 2.05) is 102 Å². The van der Waals surface area contributed by atoms with Gasteiger partial charge in [-0.15, -0.1) is 0 Å². The highest BCUT2D eigenvalue weighted by molar-refractivity contribution is 7.00. The summed E-state index contributed by atoms with van der Waals surface area (Å²) in [5.41, 5.74) is 20.1. The van der Waals surface area contributed by atoms with Crippen LogP contribution in [0.3, 0.4) is 0 Å². The van der Waals surface area contributed by atoms with Gasteiger partial charge in [-0.2, -0.15) is 0 Å². The second-order valence-electron chi connectivity index (χ2n) is 40.1. The first-order valence-corrected chi connectivity index (χ1v) is 44.7. The fourth-order valence-electron chi connectivity index (χ4n) is 19.8.